The molecule has 5 heteroatoms. The van der Waals surface area contributed by atoms with Crippen molar-refractivity contribution in [2.75, 3.05) is 18.0 Å². The molecule has 1 unspecified atom stereocenters. The first-order valence-corrected chi connectivity index (χ1v) is 7.58. The van der Waals surface area contributed by atoms with E-state index in [4.69, 9.17) is 4.74 Å². The minimum atomic E-state index is -0.510. The van der Waals surface area contributed by atoms with Crippen LogP contribution in [0.15, 0.2) is 24.3 Å². The molecule has 1 aromatic carbocycles. The summed E-state index contributed by atoms with van der Waals surface area (Å²) < 4.78 is 5.42. The molecular weight excluding hydrogens is 280 g/mol. The zero-order valence-electron chi connectivity index (χ0n) is 13.4. The van der Waals surface area contributed by atoms with E-state index in [0.29, 0.717) is 13.1 Å². The van der Waals surface area contributed by atoms with Crippen LogP contribution in [0.25, 0.3) is 0 Å². The third-order valence-electron chi connectivity index (χ3n) is 3.55. The molecule has 1 aliphatic heterocycles. The SMILES string of the molecule is CC(C)(C)OC(=O)N1CCCC(N(C=O)c2cc[c]cc2)C1. The van der Waals surface area contributed by atoms with Crippen LogP contribution in [-0.4, -0.2) is 42.1 Å². The molecule has 5 nitrogen and oxygen atoms in total. The molecule has 1 saturated heterocycles. The molecule has 1 radical (unpaired) electrons. The van der Waals surface area contributed by atoms with E-state index in [-0.39, 0.29) is 12.1 Å². The third kappa shape index (κ3) is 4.23. The van der Waals surface area contributed by atoms with Crippen LogP contribution in [0.1, 0.15) is 33.6 Å². The highest BCUT2D eigenvalue weighted by molar-refractivity contribution is 5.76. The van der Waals surface area contributed by atoms with Gasteiger partial charge in [0.1, 0.15) is 5.60 Å². The zero-order chi connectivity index (χ0) is 16.2. The number of carbonyl (C=O) groups is 2. The highest BCUT2D eigenvalue weighted by Gasteiger charge is 2.30. The van der Waals surface area contributed by atoms with Crippen molar-refractivity contribution in [3.63, 3.8) is 0 Å². The molecular formula is C17H23N2O3. The number of rotatable bonds is 3. The van der Waals surface area contributed by atoms with E-state index in [2.05, 4.69) is 6.07 Å². The van der Waals surface area contributed by atoms with Crippen molar-refractivity contribution < 1.29 is 14.3 Å². The first-order valence-electron chi connectivity index (χ1n) is 7.58. The van der Waals surface area contributed by atoms with E-state index in [0.717, 1.165) is 24.9 Å². The lowest BCUT2D eigenvalue weighted by molar-refractivity contribution is -0.108. The molecule has 22 heavy (non-hydrogen) atoms. The van der Waals surface area contributed by atoms with Crippen LogP contribution in [0.3, 0.4) is 0 Å². The summed E-state index contributed by atoms with van der Waals surface area (Å²) in [5.41, 5.74) is 0.314. The number of amides is 2. The summed E-state index contributed by atoms with van der Waals surface area (Å²) >= 11 is 0. The number of hydrogen-bond donors (Lipinski definition) is 0. The first-order chi connectivity index (χ1) is 10.4. The van der Waals surface area contributed by atoms with E-state index >= 15 is 0 Å². The van der Waals surface area contributed by atoms with Gasteiger partial charge in [0.2, 0.25) is 6.41 Å². The minimum absolute atomic E-state index is 0.0267. The van der Waals surface area contributed by atoms with Crippen LogP contribution >= 0.6 is 0 Å². The Labute approximate surface area is 131 Å². The summed E-state index contributed by atoms with van der Waals surface area (Å²) in [5.74, 6) is 0. The summed E-state index contributed by atoms with van der Waals surface area (Å²) in [5, 5.41) is 0. The molecule has 0 bridgehead atoms. The molecule has 0 N–H and O–H groups in total. The maximum Gasteiger partial charge on any atom is 0.410 e. The van der Waals surface area contributed by atoms with Crippen molar-refractivity contribution >= 4 is 18.2 Å². The van der Waals surface area contributed by atoms with Gasteiger partial charge in [0.15, 0.2) is 0 Å². The molecule has 1 heterocycles. The van der Waals surface area contributed by atoms with Crippen molar-refractivity contribution in [1.29, 1.82) is 0 Å². The van der Waals surface area contributed by atoms with E-state index in [9.17, 15) is 9.59 Å². The van der Waals surface area contributed by atoms with Crippen molar-refractivity contribution in [1.82, 2.24) is 4.90 Å². The van der Waals surface area contributed by atoms with Gasteiger partial charge in [0.05, 0.1) is 6.04 Å². The minimum Gasteiger partial charge on any atom is -0.444 e. The Kier molecular flexibility index (Phi) is 5.06. The number of carbonyl (C=O) groups excluding carboxylic acids is 2. The van der Waals surface area contributed by atoms with Crippen molar-refractivity contribution in [3.05, 3.63) is 30.3 Å². The highest BCUT2D eigenvalue weighted by atomic mass is 16.6. The van der Waals surface area contributed by atoms with Gasteiger partial charge in [-0.15, -0.1) is 0 Å². The molecule has 1 atom stereocenters. The van der Waals surface area contributed by atoms with Gasteiger partial charge in [-0.3, -0.25) is 4.79 Å². The third-order valence-corrected chi connectivity index (χ3v) is 3.55. The number of hydrogen-bond acceptors (Lipinski definition) is 3. The quantitative estimate of drug-likeness (QED) is 0.807. The van der Waals surface area contributed by atoms with E-state index in [1.807, 2.05) is 32.9 Å². The predicted octanol–water partition coefficient (Wildman–Crippen LogP) is 2.85. The second-order valence-electron chi connectivity index (χ2n) is 6.49. The average Bonchev–Trinajstić information content (AvgIpc) is 2.48. The smallest absolute Gasteiger partial charge is 0.410 e. The fourth-order valence-corrected chi connectivity index (χ4v) is 2.58. The van der Waals surface area contributed by atoms with Gasteiger partial charge in [0, 0.05) is 18.8 Å². The Balaban J connectivity index is 2.06. The van der Waals surface area contributed by atoms with E-state index < -0.39 is 5.60 Å². The molecule has 1 aromatic rings. The Morgan fingerprint density at radius 1 is 1.41 bits per heavy atom. The molecule has 0 aromatic heterocycles. The second-order valence-corrected chi connectivity index (χ2v) is 6.49. The maximum absolute atomic E-state index is 12.2. The molecule has 119 valence electrons. The normalized spacial score (nSPS) is 18.7. The van der Waals surface area contributed by atoms with Crippen LogP contribution in [0.4, 0.5) is 10.5 Å². The van der Waals surface area contributed by atoms with Gasteiger partial charge in [-0.2, -0.15) is 0 Å². The fraction of sp³-hybridized carbons (Fsp3) is 0.529. The topological polar surface area (TPSA) is 49.9 Å². The predicted molar refractivity (Wildman–Crippen MR) is 84.7 cm³/mol. The molecule has 0 saturated carbocycles. The highest BCUT2D eigenvalue weighted by Crippen LogP contribution is 2.22. The molecule has 2 amide bonds. The maximum atomic E-state index is 12.2. The monoisotopic (exact) mass is 303 g/mol. The summed E-state index contributed by atoms with van der Waals surface area (Å²) in [6, 6.07) is 10.2. The van der Waals surface area contributed by atoms with Crippen LogP contribution in [0.2, 0.25) is 0 Å². The molecule has 1 fully saturated rings. The number of anilines is 1. The Bertz CT molecular complexity index is 510. The Morgan fingerprint density at radius 2 is 2.09 bits per heavy atom. The number of ether oxygens (including phenoxy) is 1. The lowest BCUT2D eigenvalue weighted by Crippen LogP contribution is -2.50. The number of benzene rings is 1. The summed E-state index contributed by atoms with van der Waals surface area (Å²) in [7, 11) is 0. The first kappa shape index (κ1) is 16.3. The lowest BCUT2D eigenvalue weighted by Gasteiger charge is -2.38. The Morgan fingerprint density at radius 3 is 2.68 bits per heavy atom. The second kappa shape index (κ2) is 6.81. The van der Waals surface area contributed by atoms with Crippen LogP contribution < -0.4 is 4.90 Å². The fourth-order valence-electron chi connectivity index (χ4n) is 2.58. The van der Waals surface area contributed by atoms with Crippen molar-refractivity contribution in [3.8, 4) is 0 Å². The summed E-state index contributed by atoms with van der Waals surface area (Å²) in [6.07, 6.45) is 2.24. The number of nitrogens with zero attached hydrogens (tertiary/aromatic N) is 2. The standard InChI is InChI=1S/C17H23N2O3/c1-17(2,3)22-16(21)18-11-7-10-15(12-18)19(13-20)14-8-5-4-6-9-14/h5-6,8-9,13,15H,7,10-12H2,1-3H3. The van der Waals surface area contributed by atoms with Crippen molar-refractivity contribution in [2.24, 2.45) is 0 Å². The largest absolute Gasteiger partial charge is 0.444 e. The van der Waals surface area contributed by atoms with Crippen LogP contribution in [0.5, 0.6) is 0 Å². The zero-order valence-corrected chi connectivity index (χ0v) is 13.4. The average molecular weight is 303 g/mol. The van der Waals surface area contributed by atoms with Gasteiger partial charge in [-0.1, -0.05) is 12.1 Å². The van der Waals surface area contributed by atoms with Gasteiger partial charge >= 0.3 is 6.09 Å². The van der Waals surface area contributed by atoms with Gasteiger partial charge in [-0.05, 0) is 51.8 Å². The molecule has 0 aliphatic carbocycles. The summed E-state index contributed by atoms with van der Waals surface area (Å²) in [4.78, 5) is 27.1. The van der Waals surface area contributed by atoms with Gasteiger partial charge in [-0.25, -0.2) is 4.79 Å². The Hall–Kier alpha value is -2.04. The van der Waals surface area contributed by atoms with Crippen molar-refractivity contribution in [2.45, 2.75) is 45.3 Å². The van der Waals surface area contributed by atoms with E-state index in [1.54, 1.807) is 21.9 Å². The van der Waals surface area contributed by atoms with E-state index in [1.165, 1.54) is 0 Å². The lowest BCUT2D eigenvalue weighted by atomic mass is 10.0. The number of piperidine rings is 1. The summed E-state index contributed by atoms with van der Waals surface area (Å²) in [6.45, 7) is 6.71. The molecule has 1 aliphatic rings. The van der Waals surface area contributed by atoms with Crippen LogP contribution in [0, 0.1) is 6.07 Å². The van der Waals surface area contributed by atoms with Gasteiger partial charge < -0.3 is 14.5 Å². The van der Waals surface area contributed by atoms with Gasteiger partial charge in [0.25, 0.3) is 0 Å². The number of likely N-dealkylation sites (tertiary alicyclic amines) is 1. The molecule has 0 spiro atoms. The van der Waals surface area contributed by atoms with Crippen LogP contribution in [-0.2, 0) is 9.53 Å². The molecule has 2 rings (SSSR count).